The van der Waals surface area contributed by atoms with Gasteiger partial charge in [0.2, 0.25) is 0 Å². The van der Waals surface area contributed by atoms with E-state index in [4.69, 9.17) is 23.1 Å². The quantitative estimate of drug-likeness (QED) is 0.830. The van der Waals surface area contributed by atoms with E-state index in [1.165, 1.54) is 18.2 Å². The van der Waals surface area contributed by atoms with E-state index >= 15 is 0 Å². The van der Waals surface area contributed by atoms with Crippen molar-refractivity contribution < 1.29 is 18.0 Å². The first-order valence-corrected chi connectivity index (χ1v) is 6.14. The van der Waals surface area contributed by atoms with Crippen LogP contribution in [-0.2, 0) is 6.18 Å². The van der Waals surface area contributed by atoms with Crippen molar-refractivity contribution in [2.24, 2.45) is 5.73 Å². The van der Waals surface area contributed by atoms with Gasteiger partial charge in [0.15, 0.2) is 0 Å². The molecule has 2 aromatic carbocycles. The molecule has 7 heteroatoms. The molecule has 0 bridgehead atoms. The van der Waals surface area contributed by atoms with Gasteiger partial charge >= 0.3 is 6.18 Å². The van der Waals surface area contributed by atoms with Gasteiger partial charge in [-0.25, -0.2) is 0 Å². The summed E-state index contributed by atoms with van der Waals surface area (Å²) in [5, 5.41) is -0.0787. The van der Waals surface area contributed by atoms with E-state index in [9.17, 15) is 18.0 Å². The Morgan fingerprint density at radius 2 is 1.76 bits per heavy atom. The molecule has 0 heterocycles. The monoisotopic (exact) mass is 314 g/mol. The van der Waals surface area contributed by atoms with Crippen molar-refractivity contribution in [3.63, 3.8) is 0 Å². The molecule has 2 aromatic rings. The van der Waals surface area contributed by atoms with Crippen LogP contribution in [0.15, 0.2) is 36.4 Å². The van der Waals surface area contributed by atoms with Crippen molar-refractivity contribution in [2.75, 3.05) is 5.73 Å². The molecule has 0 saturated carbocycles. The van der Waals surface area contributed by atoms with Crippen molar-refractivity contribution in [3.05, 3.63) is 52.5 Å². The largest absolute Gasteiger partial charge is 0.416 e. The molecule has 1 amide bonds. The van der Waals surface area contributed by atoms with Gasteiger partial charge in [0.1, 0.15) is 0 Å². The maximum Gasteiger partial charge on any atom is 0.416 e. The highest BCUT2D eigenvalue weighted by Gasteiger charge is 2.31. The van der Waals surface area contributed by atoms with Crippen molar-refractivity contribution >= 4 is 23.2 Å². The van der Waals surface area contributed by atoms with Gasteiger partial charge in [-0.3, -0.25) is 4.79 Å². The molecule has 0 aliphatic carbocycles. The van der Waals surface area contributed by atoms with Gasteiger partial charge in [-0.05, 0) is 29.8 Å². The third-order valence-electron chi connectivity index (χ3n) is 2.93. The van der Waals surface area contributed by atoms with Gasteiger partial charge in [0, 0.05) is 16.3 Å². The van der Waals surface area contributed by atoms with Gasteiger partial charge in [-0.15, -0.1) is 0 Å². The van der Waals surface area contributed by atoms with Gasteiger partial charge in [0.05, 0.1) is 11.1 Å². The number of benzene rings is 2. The number of nitrogen functional groups attached to an aromatic ring is 1. The number of anilines is 1. The number of alkyl halides is 3. The summed E-state index contributed by atoms with van der Waals surface area (Å²) >= 11 is 5.89. The average molecular weight is 315 g/mol. The highest BCUT2D eigenvalue weighted by molar-refractivity contribution is 6.33. The lowest BCUT2D eigenvalue weighted by Gasteiger charge is -2.11. The summed E-state index contributed by atoms with van der Waals surface area (Å²) in [6, 6.07) is 7.38. The predicted molar refractivity (Wildman–Crippen MR) is 74.8 cm³/mol. The predicted octanol–water partition coefficient (Wildman–Crippen LogP) is 3.71. The van der Waals surface area contributed by atoms with Crippen LogP contribution in [0.5, 0.6) is 0 Å². The van der Waals surface area contributed by atoms with Crippen LogP contribution in [0.2, 0.25) is 5.02 Å². The first-order chi connectivity index (χ1) is 9.70. The number of nitrogens with two attached hydrogens (primary N) is 2. The standard InChI is InChI=1S/C14H10ClF3N2O/c15-11-6-8(14(16,17)18)2-3-9(11)7-1-4-12(19)10(5-7)13(20)21/h1-6H,19H2,(H2,20,21). The number of carbonyl (C=O) groups excluding carboxylic acids is 1. The lowest BCUT2D eigenvalue weighted by atomic mass is 10.00. The summed E-state index contributed by atoms with van der Waals surface area (Å²) in [6.07, 6.45) is -4.47. The van der Waals surface area contributed by atoms with E-state index in [0.717, 1.165) is 12.1 Å². The third-order valence-corrected chi connectivity index (χ3v) is 3.24. The number of rotatable bonds is 2. The normalized spacial score (nSPS) is 11.4. The van der Waals surface area contributed by atoms with Crippen molar-refractivity contribution in [1.29, 1.82) is 0 Å². The van der Waals surface area contributed by atoms with Crippen LogP contribution in [0.3, 0.4) is 0 Å². The SMILES string of the molecule is NC(=O)c1cc(-c2ccc(C(F)(F)F)cc2Cl)ccc1N. The van der Waals surface area contributed by atoms with E-state index in [1.807, 2.05) is 0 Å². The van der Waals surface area contributed by atoms with E-state index in [1.54, 1.807) is 6.07 Å². The smallest absolute Gasteiger partial charge is 0.398 e. The highest BCUT2D eigenvalue weighted by Crippen LogP contribution is 2.36. The number of amides is 1. The van der Waals surface area contributed by atoms with Crippen LogP contribution >= 0.6 is 11.6 Å². The second-order valence-corrected chi connectivity index (χ2v) is 4.77. The first-order valence-electron chi connectivity index (χ1n) is 5.76. The third kappa shape index (κ3) is 3.11. The summed E-state index contributed by atoms with van der Waals surface area (Å²) in [7, 11) is 0. The molecule has 0 aromatic heterocycles. The molecule has 0 aliphatic heterocycles. The van der Waals surface area contributed by atoms with Crippen LogP contribution in [0.1, 0.15) is 15.9 Å². The molecule has 0 atom stereocenters. The molecule has 3 nitrogen and oxygen atoms in total. The Morgan fingerprint density at radius 1 is 1.10 bits per heavy atom. The lowest BCUT2D eigenvalue weighted by molar-refractivity contribution is -0.137. The molecule has 21 heavy (non-hydrogen) atoms. The molecular weight excluding hydrogens is 305 g/mol. The fraction of sp³-hybridized carbons (Fsp3) is 0.0714. The minimum Gasteiger partial charge on any atom is -0.398 e. The minimum atomic E-state index is -4.47. The van der Waals surface area contributed by atoms with Gasteiger partial charge < -0.3 is 11.5 Å². The Hall–Kier alpha value is -2.21. The number of primary amides is 1. The van der Waals surface area contributed by atoms with Crippen LogP contribution in [0, 0.1) is 0 Å². The molecule has 0 aliphatic rings. The van der Waals surface area contributed by atoms with Crippen molar-refractivity contribution in [3.8, 4) is 11.1 Å². The number of hydrogen-bond donors (Lipinski definition) is 2. The first kappa shape index (κ1) is 15.2. The second kappa shape index (κ2) is 5.29. The molecule has 0 unspecified atom stereocenters. The van der Waals surface area contributed by atoms with E-state index in [-0.39, 0.29) is 16.3 Å². The number of carbonyl (C=O) groups is 1. The Morgan fingerprint density at radius 3 is 2.29 bits per heavy atom. The fourth-order valence-corrected chi connectivity index (χ4v) is 2.15. The summed E-state index contributed by atoms with van der Waals surface area (Å²) in [5.41, 5.74) is 11.0. The Labute approximate surface area is 123 Å². The molecule has 0 saturated heterocycles. The number of hydrogen-bond acceptors (Lipinski definition) is 2. The van der Waals surface area contributed by atoms with Crippen LogP contribution in [0.4, 0.5) is 18.9 Å². The van der Waals surface area contributed by atoms with E-state index in [2.05, 4.69) is 0 Å². The van der Waals surface area contributed by atoms with Crippen molar-refractivity contribution in [2.45, 2.75) is 6.18 Å². The zero-order chi connectivity index (χ0) is 15.8. The maximum absolute atomic E-state index is 12.6. The summed E-state index contributed by atoms with van der Waals surface area (Å²) in [6.45, 7) is 0. The fourth-order valence-electron chi connectivity index (χ4n) is 1.86. The molecule has 110 valence electrons. The Kier molecular flexibility index (Phi) is 3.82. The van der Waals surface area contributed by atoms with Crippen LogP contribution < -0.4 is 11.5 Å². The Bertz CT molecular complexity index is 714. The van der Waals surface area contributed by atoms with Crippen LogP contribution in [-0.4, -0.2) is 5.91 Å². The second-order valence-electron chi connectivity index (χ2n) is 4.36. The molecule has 0 fully saturated rings. The number of halogens is 4. The zero-order valence-electron chi connectivity index (χ0n) is 10.5. The zero-order valence-corrected chi connectivity index (χ0v) is 11.3. The molecule has 0 radical (unpaired) electrons. The summed E-state index contributed by atoms with van der Waals surface area (Å²) < 4.78 is 37.8. The average Bonchev–Trinajstić information content (AvgIpc) is 2.38. The van der Waals surface area contributed by atoms with Gasteiger partial charge in [-0.2, -0.15) is 13.2 Å². The molecule has 4 N–H and O–H groups in total. The molecule has 2 rings (SSSR count). The van der Waals surface area contributed by atoms with Gasteiger partial charge in [0.25, 0.3) is 5.91 Å². The lowest BCUT2D eigenvalue weighted by Crippen LogP contribution is -2.13. The Balaban J connectivity index is 2.53. The summed E-state index contributed by atoms with van der Waals surface area (Å²) in [5.74, 6) is -0.725. The van der Waals surface area contributed by atoms with E-state index < -0.39 is 17.6 Å². The van der Waals surface area contributed by atoms with E-state index in [0.29, 0.717) is 11.1 Å². The molecule has 0 spiro atoms. The topological polar surface area (TPSA) is 69.1 Å². The maximum atomic E-state index is 12.6. The summed E-state index contributed by atoms with van der Waals surface area (Å²) in [4.78, 5) is 11.2. The highest BCUT2D eigenvalue weighted by atomic mass is 35.5. The minimum absolute atomic E-state index is 0.0787. The van der Waals surface area contributed by atoms with Crippen LogP contribution in [0.25, 0.3) is 11.1 Å². The van der Waals surface area contributed by atoms with Crippen molar-refractivity contribution in [1.82, 2.24) is 0 Å². The van der Waals surface area contributed by atoms with Gasteiger partial charge in [-0.1, -0.05) is 23.7 Å². The molecular formula is C14H10ClF3N2O.